The molecule has 312 valence electrons. The molecule has 5 heterocycles. The number of hydrogen-bond acceptors (Lipinski definition) is 15. The Morgan fingerprint density at radius 3 is 1.97 bits per heavy atom. The Hall–Kier alpha value is -5.85. The van der Waals surface area contributed by atoms with Crippen LogP contribution in [0, 0.1) is 5.82 Å². The van der Waals surface area contributed by atoms with Crippen molar-refractivity contribution in [1.82, 2.24) is 39.0 Å². The fourth-order valence-corrected chi connectivity index (χ4v) is 8.73. The Labute approximate surface area is 337 Å². The van der Waals surface area contributed by atoms with Crippen molar-refractivity contribution < 1.29 is 42.1 Å². The fourth-order valence-electron chi connectivity index (χ4n) is 8.73. The molecule has 0 bridgehead atoms. The van der Waals surface area contributed by atoms with Crippen molar-refractivity contribution in [3.8, 4) is 11.4 Å². The number of nitrogens with zero attached hydrogens (tertiary/aromatic N) is 8. The van der Waals surface area contributed by atoms with Crippen LogP contribution in [0.15, 0.2) is 31.4 Å². The maximum atomic E-state index is 17.9. The predicted octanol–water partition coefficient (Wildman–Crippen LogP) is 6.62. The molecular formula is C40H46F2N10O7. The quantitative estimate of drug-likeness (QED) is 0.113. The first-order valence-corrected chi connectivity index (χ1v) is 19.9. The third kappa shape index (κ3) is 7.08. The second-order valence-corrected chi connectivity index (χ2v) is 15.7. The first-order valence-electron chi connectivity index (χ1n) is 19.9. The van der Waals surface area contributed by atoms with Crippen LogP contribution in [-0.2, 0) is 23.8 Å². The number of hydrogen-bond donors (Lipinski definition) is 2. The molecule has 2 saturated carbocycles. The molecule has 4 aromatic heterocycles. The van der Waals surface area contributed by atoms with Gasteiger partial charge in [-0.2, -0.15) is 0 Å². The molecule has 2 aliphatic carbocycles. The maximum Gasteiger partial charge on any atom is 0.338 e. The van der Waals surface area contributed by atoms with Crippen molar-refractivity contribution in [3.05, 3.63) is 48.3 Å². The number of methoxy groups -OCH3 is 1. The van der Waals surface area contributed by atoms with Gasteiger partial charge in [0.15, 0.2) is 63.0 Å². The van der Waals surface area contributed by atoms with Gasteiger partial charge in [0.05, 0.1) is 24.7 Å². The molecule has 0 amide bonds. The van der Waals surface area contributed by atoms with Gasteiger partial charge in [-0.05, 0) is 45.6 Å². The third-order valence-electron chi connectivity index (χ3n) is 11.8. The highest BCUT2D eigenvalue weighted by Gasteiger charge is 2.68. The first-order chi connectivity index (χ1) is 28.3. The molecule has 1 aromatic carbocycles. The van der Waals surface area contributed by atoms with Crippen molar-refractivity contribution in [3.63, 3.8) is 0 Å². The number of alkyl halides is 1. The average Bonchev–Trinajstić information content (AvgIpc) is 3.89. The minimum atomic E-state index is -2.64. The molecule has 4 atom stereocenters. The van der Waals surface area contributed by atoms with E-state index in [0.717, 1.165) is 98.2 Å². The fraction of sp³-hybridized carbons (Fsp3) is 0.525. The van der Waals surface area contributed by atoms with E-state index in [9.17, 15) is 14.4 Å². The van der Waals surface area contributed by atoms with Crippen LogP contribution in [0.4, 0.5) is 20.4 Å². The molecule has 5 aromatic rings. The summed E-state index contributed by atoms with van der Waals surface area (Å²) in [6.07, 6.45) is 12.2. The number of imidazole rings is 2. The lowest BCUT2D eigenvalue weighted by atomic mass is 9.79. The molecule has 1 saturated heterocycles. The Kier molecular flexibility index (Phi) is 10.6. The molecule has 17 nitrogen and oxygen atoms in total. The summed E-state index contributed by atoms with van der Waals surface area (Å²) in [5, 5.41) is 6.87. The standard InChI is InChI=1S/C40H46F2N10O7/c1-21(53)57-31-27(25(37(55)56-5)16-26(28(31)41)51-19-47-29-33(43-17-45-35(29)51)49-23-12-8-6-9-13-23)32-40(4,59-22(2)54)39(3,42)38(58-32)52-20-48-30-34(44-18-46-36(30)52)50-24-14-10-7-11-15-24/h16-20,23-24,32,38H,6-15H2,1-5H3,(H,43,45,49)(H,44,46,50)/t32-,38-,39+,40+/m1/s1. The Morgan fingerprint density at radius 1 is 0.814 bits per heavy atom. The highest BCUT2D eigenvalue weighted by molar-refractivity contribution is 5.94. The van der Waals surface area contributed by atoms with Gasteiger partial charge in [-0.1, -0.05) is 38.5 Å². The minimum Gasteiger partial charge on any atom is -0.465 e. The summed E-state index contributed by atoms with van der Waals surface area (Å²) < 4.78 is 60.9. The van der Waals surface area contributed by atoms with Gasteiger partial charge in [-0.25, -0.2) is 43.5 Å². The molecule has 8 rings (SSSR count). The number of fused-ring (bicyclic) bond motifs is 2. The summed E-state index contributed by atoms with van der Waals surface area (Å²) in [5.74, 6) is -3.94. The summed E-state index contributed by atoms with van der Waals surface area (Å²) in [6, 6.07) is 1.48. The smallest absolute Gasteiger partial charge is 0.338 e. The van der Waals surface area contributed by atoms with Crippen LogP contribution in [-0.4, -0.2) is 87.4 Å². The van der Waals surface area contributed by atoms with Crippen molar-refractivity contribution in [2.24, 2.45) is 0 Å². The molecular weight excluding hydrogens is 770 g/mol. The van der Waals surface area contributed by atoms with Crippen molar-refractivity contribution in [2.45, 2.75) is 128 Å². The third-order valence-corrected chi connectivity index (χ3v) is 11.8. The number of aromatic nitrogens is 8. The molecule has 0 unspecified atom stereocenters. The highest BCUT2D eigenvalue weighted by atomic mass is 19.1. The van der Waals surface area contributed by atoms with Gasteiger partial charge in [0.2, 0.25) is 0 Å². The molecule has 3 fully saturated rings. The van der Waals surface area contributed by atoms with E-state index in [4.69, 9.17) is 18.9 Å². The van der Waals surface area contributed by atoms with Crippen LogP contribution in [0.2, 0.25) is 0 Å². The Balaban J connectivity index is 1.27. The van der Waals surface area contributed by atoms with E-state index < -0.39 is 58.6 Å². The van der Waals surface area contributed by atoms with Gasteiger partial charge in [0.25, 0.3) is 0 Å². The largest absolute Gasteiger partial charge is 0.465 e. The van der Waals surface area contributed by atoms with Gasteiger partial charge in [0.1, 0.15) is 25.1 Å². The summed E-state index contributed by atoms with van der Waals surface area (Å²) in [4.78, 5) is 66.1. The van der Waals surface area contributed by atoms with Gasteiger partial charge >= 0.3 is 17.9 Å². The van der Waals surface area contributed by atoms with E-state index in [1.165, 1.54) is 41.4 Å². The molecule has 0 radical (unpaired) electrons. The summed E-state index contributed by atoms with van der Waals surface area (Å²) >= 11 is 0. The van der Waals surface area contributed by atoms with E-state index in [1.54, 1.807) is 0 Å². The summed E-state index contributed by atoms with van der Waals surface area (Å²) in [6.45, 7) is 4.53. The normalized spacial score (nSPS) is 24.0. The van der Waals surface area contributed by atoms with Crippen molar-refractivity contribution in [1.29, 1.82) is 0 Å². The zero-order valence-corrected chi connectivity index (χ0v) is 33.5. The van der Waals surface area contributed by atoms with Crippen molar-refractivity contribution >= 4 is 51.9 Å². The molecule has 19 heteroatoms. The molecule has 59 heavy (non-hydrogen) atoms. The van der Waals surface area contributed by atoms with E-state index in [0.29, 0.717) is 22.7 Å². The number of halogens is 2. The Morgan fingerprint density at radius 2 is 1.39 bits per heavy atom. The van der Waals surface area contributed by atoms with Crippen LogP contribution in [0.3, 0.4) is 0 Å². The minimum absolute atomic E-state index is 0.167. The average molecular weight is 817 g/mol. The summed E-state index contributed by atoms with van der Waals surface area (Å²) in [5.41, 5.74) is -5.04. The lowest BCUT2D eigenvalue weighted by molar-refractivity contribution is -0.174. The van der Waals surface area contributed by atoms with Crippen LogP contribution in [0.25, 0.3) is 28.0 Å². The lowest BCUT2D eigenvalue weighted by Crippen LogP contribution is -2.51. The zero-order valence-electron chi connectivity index (χ0n) is 33.5. The van der Waals surface area contributed by atoms with Gasteiger partial charge in [-0.15, -0.1) is 0 Å². The monoisotopic (exact) mass is 816 g/mol. The van der Waals surface area contributed by atoms with Crippen LogP contribution >= 0.6 is 0 Å². The zero-order chi connectivity index (χ0) is 41.6. The second-order valence-electron chi connectivity index (χ2n) is 15.7. The number of nitrogens with one attached hydrogen (secondary N) is 2. The van der Waals surface area contributed by atoms with Crippen LogP contribution < -0.4 is 15.4 Å². The highest BCUT2D eigenvalue weighted by Crippen LogP contribution is 2.59. The topological polar surface area (TPSA) is 199 Å². The number of rotatable bonds is 10. The second kappa shape index (κ2) is 15.7. The Bertz CT molecular complexity index is 2430. The maximum absolute atomic E-state index is 17.9. The van der Waals surface area contributed by atoms with Crippen LogP contribution in [0.5, 0.6) is 5.75 Å². The van der Waals surface area contributed by atoms with E-state index in [-0.39, 0.29) is 34.6 Å². The molecule has 2 N–H and O–H groups in total. The SMILES string of the molecule is COC(=O)c1cc(-n2cnc3c(NC4CCCCC4)ncnc32)c(F)c(OC(C)=O)c1[C@H]1O[C@@H](n2cnc3c(NC4CCCCC4)ncnc32)[C@](C)(F)[C@@]1(C)OC(C)=O. The molecule has 0 spiro atoms. The van der Waals surface area contributed by atoms with E-state index in [1.807, 2.05) is 0 Å². The lowest BCUT2D eigenvalue weighted by Gasteiger charge is -2.37. The number of esters is 3. The number of benzene rings is 1. The number of carbonyl (C=O) groups excluding carboxylic acids is 3. The van der Waals surface area contributed by atoms with Gasteiger partial charge < -0.3 is 29.6 Å². The van der Waals surface area contributed by atoms with E-state index in [2.05, 4.69) is 40.5 Å². The molecule has 1 aliphatic heterocycles. The number of carbonyl (C=O) groups is 3. The number of anilines is 2. The first kappa shape index (κ1) is 40.0. The van der Waals surface area contributed by atoms with Gasteiger partial charge in [-0.3, -0.25) is 18.7 Å². The van der Waals surface area contributed by atoms with Crippen molar-refractivity contribution in [2.75, 3.05) is 17.7 Å². The van der Waals surface area contributed by atoms with Crippen LogP contribution in [0.1, 0.15) is 120 Å². The molecule has 3 aliphatic rings. The predicted molar refractivity (Wildman–Crippen MR) is 208 cm³/mol. The van der Waals surface area contributed by atoms with Gasteiger partial charge in [0, 0.05) is 31.5 Å². The number of ether oxygens (including phenoxy) is 4. The van der Waals surface area contributed by atoms with E-state index >= 15 is 8.78 Å². The summed E-state index contributed by atoms with van der Waals surface area (Å²) in [7, 11) is 1.10.